The quantitative estimate of drug-likeness (QED) is 0.545. The van der Waals surface area contributed by atoms with Crippen LogP contribution in [0, 0.1) is 0 Å². The number of carbonyl (C=O) groups is 2. The highest BCUT2D eigenvalue weighted by Gasteiger charge is 2.59. The number of alkyl halides is 3. The van der Waals surface area contributed by atoms with Crippen LogP contribution in [0.1, 0.15) is 10.4 Å². The van der Waals surface area contributed by atoms with E-state index in [1.54, 1.807) is 48.5 Å². The summed E-state index contributed by atoms with van der Waals surface area (Å²) in [6.45, 7) is 0. The molecule has 136 valence electrons. The summed E-state index contributed by atoms with van der Waals surface area (Å²) >= 11 is 0. The molecule has 27 heavy (non-hydrogen) atoms. The second kappa shape index (κ2) is 5.04. The van der Waals surface area contributed by atoms with Crippen molar-refractivity contribution in [2.24, 2.45) is 0 Å². The zero-order valence-electron chi connectivity index (χ0n) is 13.5. The molecule has 5 rings (SSSR count). The number of rotatable bonds is 0. The lowest BCUT2D eigenvalue weighted by Crippen LogP contribution is -2.41. The van der Waals surface area contributed by atoms with E-state index in [4.69, 9.17) is 4.18 Å². The molecule has 0 aliphatic carbocycles. The Balaban J connectivity index is 1.92. The third-order valence-corrected chi connectivity index (χ3v) is 7.80. The van der Waals surface area contributed by atoms with Gasteiger partial charge in [-0.1, -0.05) is 36.4 Å². The lowest BCUT2D eigenvalue weighted by molar-refractivity contribution is -0.169. The highest BCUT2D eigenvalue weighted by atomic mass is 32.3. The summed E-state index contributed by atoms with van der Waals surface area (Å²) in [5.41, 5.74) is 0.280. The van der Waals surface area contributed by atoms with Gasteiger partial charge in [0.05, 0.1) is 31.5 Å². The van der Waals surface area contributed by atoms with E-state index in [9.17, 15) is 22.8 Å². The highest BCUT2D eigenvalue weighted by molar-refractivity contribution is 8.32. The van der Waals surface area contributed by atoms with Crippen molar-refractivity contribution in [3.8, 4) is 0 Å². The molecule has 0 saturated heterocycles. The molecule has 3 aromatic carbocycles. The van der Waals surface area contributed by atoms with Crippen LogP contribution in [0.4, 0.5) is 18.9 Å². The molecule has 1 spiro atoms. The number of hydrogen-bond donors (Lipinski definition) is 0. The fourth-order valence-corrected chi connectivity index (χ4v) is 7.07. The summed E-state index contributed by atoms with van der Waals surface area (Å²) in [5, 5.41) is 1.17. The second-order valence-electron chi connectivity index (χ2n) is 6.12. The molecule has 0 radical (unpaired) electrons. The van der Waals surface area contributed by atoms with E-state index in [2.05, 4.69) is 0 Å². The zero-order valence-corrected chi connectivity index (χ0v) is 14.3. The molecule has 2 aliphatic heterocycles. The number of benzene rings is 3. The topological polar surface area (TPSA) is 46.6 Å². The third-order valence-electron chi connectivity index (χ3n) is 4.65. The van der Waals surface area contributed by atoms with Crippen molar-refractivity contribution in [3.05, 3.63) is 66.2 Å². The van der Waals surface area contributed by atoms with E-state index in [1.165, 1.54) is 12.1 Å². The van der Waals surface area contributed by atoms with Gasteiger partial charge < -0.3 is 4.18 Å². The Hall–Kier alpha value is -3.00. The summed E-state index contributed by atoms with van der Waals surface area (Å²) in [7, 11) is -3.15. The van der Waals surface area contributed by atoms with Gasteiger partial charge in [-0.3, -0.25) is 4.79 Å². The van der Waals surface area contributed by atoms with E-state index in [0.717, 1.165) is 0 Å². The maximum absolute atomic E-state index is 13.5. The maximum Gasteiger partial charge on any atom is 0.472 e. The number of halogens is 3. The standard InChI is InChI=1S/C19H10F3NO3S/c20-19(21,22)18(25)23-13-8-3-5-11-6-4-10-15(16(11)13)27(23)14-9-2-1-7-12(14)17(24)26-27/h1-10H. The molecule has 0 N–H and O–H groups in total. The summed E-state index contributed by atoms with van der Waals surface area (Å²) in [6.07, 6.45) is -5.12. The fourth-order valence-electron chi connectivity index (χ4n) is 3.64. The monoisotopic (exact) mass is 389 g/mol. The number of fused-ring (bicyclic) bond motifs is 3. The van der Waals surface area contributed by atoms with Gasteiger partial charge in [-0.05, 0) is 29.7 Å². The first-order valence-electron chi connectivity index (χ1n) is 7.95. The van der Waals surface area contributed by atoms with Crippen LogP contribution in [0.15, 0.2) is 70.5 Å². The summed E-state index contributed by atoms with van der Waals surface area (Å²) in [4.78, 5) is 25.7. The van der Waals surface area contributed by atoms with Crippen LogP contribution < -0.4 is 4.31 Å². The van der Waals surface area contributed by atoms with Crippen molar-refractivity contribution in [2.75, 3.05) is 4.31 Å². The molecule has 4 nitrogen and oxygen atoms in total. The van der Waals surface area contributed by atoms with Crippen molar-refractivity contribution < 1.29 is 26.9 Å². The lowest BCUT2D eigenvalue weighted by atomic mass is 10.1. The van der Waals surface area contributed by atoms with Gasteiger partial charge in [0.1, 0.15) is 0 Å². The molecule has 3 aromatic rings. The van der Waals surface area contributed by atoms with Crippen molar-refractivity contribution in [2.45, 2.75) is 16.0 Å². The normalized spacial score (nSPS) is 22.6. The summed E-state index contributed by atoms with van der Waals surface area (Å²) < 4.78 is 46.8. The van der Waals surface area contributed by atoms with Crippen LogP contribution in [0.25, 0.3) is 10.8 Å². The Morgan fingerprint density at radius 2 is 1.59 bits per heavy atom. The molecule has 2 aliphatic rings. The molecular weight excluding hydrogens is 379 g/mol. The van der Waals surface area contributed by atoms with Crippen LogP contribution in [0.5, 0.6) is 0 Å². The average molecular weight is 389 g/mol. The number of anilines is 1. The fraction of sp³-hybridized carbons (Fsp3) is 0.0526. The molecule has 1 amide bonds. The Labute approximate surface area is 152 Å². The van der Waals surface area contributed by atoms with Gasteiger partial charge in [0.15, 0.2) is 0 Å². The van der Waals surface area contributed by atoms with Gasteiger partial charge in [-0.25, -0.2) is 9.10 Å². The molecule has 0 bridgehead atoms. The highest BCUT2D eigenvalue weighted by Crippen LogP contribution is 2.76. The number of hydrogen-bond acceptors (Lipinski definition) is 3. The van der Waals surface area contributed by atoms with Crippen LogP contribution in [-0.4, -0.2) is 18.1 Å². The van der Waals surface area contributed by atoms with Crippen molar-refractivity contribution in [1.29, 1.82) is 0 Å². The van der Waals surface area contributed by atoms with E-state index >= 15 is 0 Å². The van der Waals surface area contributed by atoms with Crippen LogP contribution >= 0.6 is 10.5 Å². The van der Waals surface area contributed by atoms with E-state index < -0.39 is 28.5 Å². The average Bonchev–Trinajstić information content (AvgIpc) is 3.09. The largest absolute Gasteiger partial charge is 0.472 e. The van der Waals surface area contributed by atoms with Crippen molar-refractivity contribution in [3.63, 3.8) is 0 Å². The first-order valence-corrected chi connectivity index (χ1v) is 9.46. The molecule has 0 fully saturated rings. The molecule has 0 saturated carbocycles. The molecule has 1 atom stereocenters. The predicted octanol–water partition coefficient (Wildman–Crippen LogP) is 4.97. The van der Waals surface area contributed by atoms with Gasteiger partial charge in [-0.2, -0.15) is 13.2 Å². The molecule has 8 heteroatoms. The predicted molar refractivity (Wildman–Crippen MR) is 93.5 cm³/mol. The van der Waals surface area contributed by atoms with Gasteiger partial charge in [0.2, 0.25) is 0 Å². The van der Waals surface area contributed by atoms with Crippen LogP contribution in [-0.2, 0) is 8.98 Å². The van der Waals surface area contributed by atoms with Crippen LogP contribution in [0.3, 0.4) is 0 Å². The smallest absolute Gasteiger partial charge is 0.383 e. The minimum Gasteiger partial charge on any atom is -0.383 e. The van der Waals surface area contributed by atoms with Gasteiger partial charge >= 0.3 is 18.1 Å². The maximum atomic E-state index is 13.5. The first kappa shape index (κ1) is 16.2. The minimum atomic E-state index is -5.12. The minimum absolute atomic E-state index is 0.102. The van der Waals surface area contributed by atoms with Crippen LogP contribution in [0.2, 0.25) is 0 Å². The number of nitrogens with zero attached hydrogens (tertiary/aromatic N) is 1. The van der Waals surface area contributed by atoms with E-state index in [0.29, 0.717) is 24.9 Å². The second-order valence-corrected chi connectivity index (χ2v) is 8.58. The SMILES string of the molecule is O=C1OS2(c3ccccc31)c1cccc3cccc(c13)N2C(=O)C(F)(F)F. The number of amides is 1. The lowest BCUT2D eigenvalue weighted by Gasteiger charge is -2.39. The third kappa shape index (κ3) is 1.90. The molecule has 1 unspecified atom stereocenters. The first-order chi connectivity index (χ1) is 12.9. The van der Waals surface area contributed by atoms with Crippen molar-refractivity contribution in [1.82, 2.24) is 0 Å². The van der Waals surface area contributed by atoms with E-state index in [1.807, 2.05) is 0 Å². The molecule has 0 aromatic heterocycles. The zero-order chi connectivity index (χ0) is 19.0. The van der Waals surface area contributed by atoms with Gasteiger partial charge in [-0.15, -0.1) is 0 Å². The van der Waals surface area contributed by atoms with Gasteiger partial charge in [0, 0.05) is 5.39 Å². The Kier molecular flexibility index (Phi) is 3.02. The molecular formula is C19H10F3NO3S. The van der Waals surface area contributed by atoms with Crippen molar-refractivity contribution >= 4 is 38.8 Å². The summed E-state index contributed by atoms with van der Waals surface area (Å²) in [5.74, 6) is -2.78. The van der Waals surface area contributed by atoms with E-state index in [-0.39, 0.29) is 11.3 Å². The Morgan fingerprint density at radius 1 is 0.926 bits per heavy atom. The Bertz CT molecular complexity index is 1160. The molecule has 2 heterocycles. The number of carbonyl (C=O) groups excluding carboxylic acids is 2. The van der Waals surface area contributed by atoms with Gasteiger partial charge in [0.25, 0.3) is 0 Å². The Morgan fingerprint density at radius 3 is 2.33 bits per heavy atom. The summed E-state index contributed by atoms with van der Waals surface area (Å²) in [6, 6.07) is 16.1.